The van der Waals surface area contributed by atoms with E-state index in [1.807, 2.05) is 37.3 Å². The molecule has 0 spiro atoms. The number of morpholine rings is 1. The highest BCUT2D eigenvalue weighted by Crippen LogP contribution is 2.38. The fraction of sp³-hybridized carbons (Fsp3) is 0.467. The van der Waals surface area contributed by atoms with Crippen LogP contribution in [0.5, 0.6) is 17.2 Å². The molecule has 5 rings (SSSR count). The number of methoxy groups -OCH3 is 1. The van der Waals surface area contributed by atoms with Gasteiger partial charge in [0.15, 0.2) is 5.43 Å². The molecular formula is C30H36N2O7. The summed E-state index contributed by atoms with van der Waals surface area (Å²) in [5.41, 5.74) is 2.57. The molecule has 1 fully saturated rings. The third kappa shape index (κ3) is 6.04. The molecule has 9 heteroatoms. The largest absolute Gasteiger partial charge is 0.497 e. The van der Waals surface area contributed by atoms with Crippen molar-refractivity contribution in [2.45, 2.75) is 32.7 Å². The van der Waals surface area contributed by atoms with E-state index >= 15 is 0 Å². The first kappa shape index (κ1) is 27.0. The summed E-state index contributed by atoms with van der Waals surface area (Å²) >= 11 is 0. The minimum absolute atomic E-state index is 0.0504. The number of carbonyl (C=O) groups is 1. The molecule has 0 N–H and O–H groups in total. The molecule has 0 radical (unpaired) electrons. The molecule has 39 heavy (non-hydrogen) atoms. The van der Waals surface area contributed by atoms with Gasteiger partial charge in [0.2, 0.25) is 0 Å². The smallest absolute Gasteiger partial charge is 0.326 e. The monoisotopic (exact) mass is 536 g/mol. The number of rotatable bonds is 10. The molecule has 0 aliphatic carbocycles. The van der Waals surface area contributed by atoms with Crippen LogP contribution in [0.3, 0.4) is 0 Å². The van der Waals surface area contributed by atoms with E-state index in [0.717, 1.165) is 37.1 Å². The average Bonchev–Trinajstić information content (AvgIpc) is 2.97. The minimum Gasteiger partial charge on any atom is -0.497 e. The van der Waals surface area contributed by atoms with E-state index in [4.69, 9.17) is 23.7 Å². The van der Waals surface area contributed by atoms with E-state index in [-0.39, 0.29) is 17.9 Å². The van der Waals surface area contributed by atoms with E-state index in [1.54, 1.807) is 17.9 Å². The Labute approximate surface area is 228 Å². The summed E-state index contributed by atoms with van der Waals surface area (Å²) in [4.78, 5) is 29.4. The quantitative estimate of drug-likeness (QED) is 0.363. The lowest BCUT2D eigenvalue weighted by Gasteiger charge is -2.26. The van der Waals surface area contributed by atoms with Gasteiger partial charge in [-0.15, -0.1) is 0 Å². The van der Waals surface area contributed by atoms with E-state index in [9.17, 15) is 9.59 Å². The van der Waals surface area contributed by atoms with Gasteiger partial charge in [-0.2, -0.15) is 0 Å². The molecule has 2 aliphatic heterocycles. The van der Waals surface area contributed by atoms with Crippen LogP contribution < -0.4 is 19.6 Å². The van der Waals surface area contributed by atoms with Gasteiger partial charge in [0.25, 0.3) is 0 Å². The second-order valence-corrected chi connectivity index (χ2v) is 9.78. The number of aryl methyl sites for hydroxylation is 1. The summed E-state index contributed by atoms with van der Waals surface area (Å²) in [5.74, 6) is 1.53. The summed E-state index contributed by atoms with van der Waals surface area (Å²) in [5, 5.41) is 0.535. The first-order chi connectivity index (χ1) is 19.1. The Hall–Kier alpha value is -3.56. The standard InChI is InChI=1S/C30H36N2O7/c1-3-13-37-26-18-25-23(5-4-14-38-25)28-29(26)32(20-27(33)39-17-12-31-10-15-36-16-11-31)19-24(30(28)34)21-6-8-22(35-2)9-7-21/h6-9,18-19H,3-5,10-17,20H2,1-2H3. The molecule has 0 bridgehead atoms. The summed E-state index contributed by atoms with van der Waals surface area (Å²) in [6, 6.07) is 9.21. The number of esters is 1. The van der Waals surface area contributed by atoms with E-state index in [2.05, 4.69) is 4.90 Å². The van der Waals surface area contributed by atoms with Crippen molar-refractivity contribution in [3.63, 3.8) is 0 Å². The molecule has 9 nitrogen and oxygen atoms in total. The summed E-state index contributed by atoms with van der Waals surface area (Å²) in [6.45, 7) is 7.05. The first-order valence-electron chi connectivity index (χ1n) is 13.7. The number of nitrogens with zero attached hydrogens (tertiary/aromatic N) is 2. The maximum absolute atomic E-state index is 14.1. The topological polar surface area (TPSA) is 88.5 Å². The summed E-state index contributed by atoms with van der Waals surface area (Å²) in [7, 11) is 1.60. The van der Waals surface area contributed by atoms with E-state index in [0.29, 0.717) is 79.7 Å². The van der Waals surface area contributed by atoms with E-state index < -0.39 is 0 Å². The van der Waals surface area contributed by atoms with Crippen LogP contribution in [0.15, 0.2) is 41.3 Å². The second kappa shape index (κ2) is 12.5. The zero-order valence-electron chi connectivity index (χ0n) is 22.7. The Kier molecular flexibility index (Phi) is 8.68. The fourth-order valence-corrected chi connectivity index (χ4v) is 5.14. The van der Waals surface area contributed by atoms with Crippen molar-refractivity contribution in [3.8, 4) is 28.4 Å². The van der Waals surface area contributed by atoms with Gasteiger partial charge in [0.05, 0.1) is 44.4 Å². The van der Waals surface area contributed by atoms with Gasteiger partial charge in [0.1, 0.15) is 30.4 Å². The number of benzene rings is 2. The van der Waals surface area contributed by atoms with Crippen molar-refractivity contribution in [3.05, 3.63) is 52.3 Å². The molecule has 1 saturated heterocycles. The van der Waals surface area contributed by atoms with Crippen molar-refractivity contribution in [1.29, 1.82) is 0 Å². The maximum atomic E-state index is 14.1. The summed E-state index contributed by atoms with van der Waals surface area (Å²) < 4.78 is 30.2. The van der Waals surface area contributed by atoms with Crippen molar-refractivity contribution in [2.24, 2.45) is 0 Å². The number of hydrogen-bond donors (Lipinski definition) is 0. The van der Waals surface area contributed by atoms with Crippen molar-refractivity contribution >= 4 is 16.9 Å². The number of fused-ring (bicyclic) bond motifs is 3. The zero-order chi connectivity index (χ0) is 27.2. The van der Waals surface area contributed by atoms with Crippen LogP contribution in [0, 0.1) is 0 Å². The van der Waals surface area contributed by atoms with Crippen LogP contribution in [0.25, 0.3) is 22.0 Å². The fourth-order valence-electron chi connectivity index (χ4n) is 5.14. The normalized spacial score (nSPS) is 15.4. The number of pyridine rings is 1. The van der Waals surface area contributed by atoms with Crippen LogP contribution in [0.2, 0.25) is 0 Å². The Bertz CT molecular complexity index is 1360. The molecule has 2 aromatic carbocycles. The van der Waals surface area contributed by atoms with Gasteiger partial charge in [-0.1, -0.05) is 19.1 Å². The highest BCUT2D eigenvalue weighted by molar-refractivity contribution is 5.94. The SMILES string of the molecule is CCCOc1cc2c(c3c(=O)c(-c4ccc(OC)cc4)cn(CC(=O)OCCN4CCOCC4)c13)CCCO2. The Balaban J connectivity index is 1.56. The Morgan fingerprint density at radius 1 is 1.08 bits per heavy atom. The van der Waals surface area contributed by atoms with Crippen molar-refractivity contribution in [2.75, 3.05) is 59.8 Å². The number of aromatic nitrogens is 1. The third-order valence-electron chi connectivity index (χ3n) is 7.14. The average molecular weight is 537 g/mol. The molecule has 0 atom stereocenters. The second-order valence-electron chi connectivity index (χ2n) is 9.78. The number of carbonyl (C=O) groups excluding carboxylic acids is 1. The van der Waals surface area contributed by atoms with Crippen LogP contribution >= 0.6 is 0 Å². The molecule has 3 aromatic rings. The Morgan fingerprint density at radius 3 is 2.62 bits per heavy atom. The molecule has 3 heterocycles. The van der Waals surface area contributed by atoms with Gasteiger partial charge in [-0.05, 0) is 37.0 Å². The highest BCUT2D eigenvalue weighted by atomic mass is 16.5. The van der Waals surface area contributed by atoms with Gasteiger partial charge in [-0.25, -0.2) is 0 Å². The van der Waals surface area contributed by atoms with Crippen molar-refractivity contribution in [1.82, 2.24) is 9.47 Å². The predicted octanol–water partition coefficient (Wildman–Crippen LogP) is 3.67. The predicted molar refractivity (Wildman–Crippen MR) is 148 cm³/mol. The Morgan fingerprint density at radius 2 is 1.87 bits per heavy atom. The lowest BCUT2D eigenvalue weighted by molar-refractivity contribution is -0.144. The molecule has 208 valence electrons. The third-order valence-corrected chi connectivity index (χ3v) is 7.14. The van der Waals surface area contributed by atoms with E-state index in [1.165, 1.54) is 0 Å². The first-order valence-corrected chi connectivity index (χ1v) is 13.7. The van der Waals surface area contributed by atoms with Crippen LogP contribution in [-0.2, 0) is 27.2 Å². The minimum atomic E-state index is -0.371. The van der Waals surface area contributed by atoms with Gasteiger partial charge in [-0.3, -0.25) is 14.5 Å². The lowest BCUT2D eigenvalue weighted by Crippen LogP contribution is -2.38. The van der Waals surface area contributed by atoms with Gasteiger partial charge < -0.3 is 28.3 Å². The van der Waals surface area contributed by atoms with Crippen molar-refractivity contribution < 1.29 is 28.5 Å². The zero-order valence-corrected chi connectivity index (χ0v) is 22.7. The van der Waals surface area contributed by atoms with Crippen LogP contribution in [0.1, 0.15) is 25.3 Å². The molecular weight excluding hydrogens is 500 g/mol. The van der Waals surface area contributed by atoms with Gasteiger partial charge >= 0.3 is 5.97 Å². The molecule has 0 amide bonds. The van der Waals surface area contributed by atoms with Gasteiger partial charge in [0, 0.05) is 43.0 Å². The van der Waals surface area contributed by atoms with Crippen LogP contribution in [-0.4, -0.2) is 75.2 Å². The molecule has 0 saturated carbocycles. The molecule has 1 aromatic heterocycles. The molecule has 2 aliphatic rings. The maximum Gasteiger partial charge on any atom is 0.326 e. The molecule has 0 unspecified atom stereocenters. The lowest BCUT2D eigenvalue weighted by atomic mass is 9.96. The summed E-state index contributed by atoms with van der Waals surface area (Å²) in [6.07, 6.45) is 4.07. The number of hydrogen-bond acceptors (Lipinski definition) is 8. The highest BCUT2D eigenvalue weighted by Gasteiger charge is 2.25. The number of ether oxygens (including phenoxy) is 5. The van der Waals surface area contributed by atoms with Crippen LogP contribution in [0.4, 0.5) is 0 Å².